The molecule has 0 aromatic carbocycles. The van der Waals surface area contributed by atoms with Crippen molar-refractivity contribution in [1.82, 2.24) is 0 Å². The average molecular weight is 143 g/mol. The van der Waals surface area contributed by atoms with Gasteiger partial charge in [-0.15, -0.1) is 0 Å². The van der Waals surface area contributed by atoms with E-state index in [-0.39, 0.29) is 6.04 Å². The summed E-state index contributed by atoms with van der Waals surface area (Å²) in [5, 5.41) is 8.76. The summed E-state index contributed by atoms with van der Waals surface area (Å²) in [4.78, 5) is 10.7. The molecule has 0 saturated heterocycles. The largest absolute Gasteiger partial charge is 0.481 e. The summed E-state index contributed by atoms with van der Waals surface area (Å²) >= 11 is 0. The van der Waals surface area contributed by atoms with E-state index in [4.69, 9.17) is 10.8 Å². The summed E-state index contributed by atoms with van der Waals surface area (Å²) in [6.07, 6.45) is 2.52. The number of carboxylic acids is 1. The van der Waals surface area contributed by atoms with Crippen LogP contribution in [0.15, 0.2) is 0 Å². The molecule has 0 bridgehead atoms. The van der Waals surface area contributed by atoms with Crippen LogP contribution in [-0.4, -0.2) is 17.1 Å². The predicted octanol–water partition coefficient (Wildman–Crippen LogP) is 0.589. The number of rotatable bonds is 1. The zero-order valence-electron chi connectivity index (χ0n) is 6.13. The minimum Gasteiger partial charge on any atom is -0.481 e. The van der Waals surface area contributed by atoms with E-state index in [1.165, 1.54) is 0 Å². The first-order valence-electron chi connectivity index (χ1n) is 3.56. The van der Waals surface area contributed by atoms with Gasteiger partial charge in [-0.1, -0.05) is 6.42 Å². The standard InChI is InChI=1S/C7H13NO2/c1-7(6(9)10)4-2-3-5(7)8/h5H,2-4,8H2,1H3,(H,9,10). The maximum Gasteiger partial charge on any atom is 0.310 e. The van der Waals surface area contributed by atoms with Gasteiger partial charge in [0.2, 0.25) is 0 Å². The molecule has 0 aromatic rings. The molecule has 0 aliphatic heterocycles. The molecule has 2 atom stereocenters. The van der Waals surface area contributed by atoms with E-state index in [1.807, 2.05) is 0 Å². The molecule has 0 radical (unpaired) electrons. The van der Waals surface area contributed by atoms with Crippen molar-refractivity contribution in [3.8, 4) is 0 Å². The molecule has 3 nitrogen and oxygen atoms in total. The van der Waals surface area contributed by atoms with Gasteiger partial charge < -0.3 is 10.8 Å². The molecule has 3 heteroatoms. The van der Waals surface area contributed by atoms with Gasteiger partial charge in [-0.05, 0) is 19.8 Å². The van der Waals surface area contributed by atoms with Crippen molar-refractivity contribution in [2.24, 2.45) is 11.1 Å². The van der Waals surface area contributed by atoms with Crippen LogP contribution in [0.1, 0.15) is 26.2 Å². The second-order valence-corrected chi connectivity index (χ2v) is 3.22. The maximum absolute atomic E-state index is 10.7. The van der Waals surface area contributed by atoms with E-state index in [0.717, 1.165) is 19.3 Å². The van der Waals surface area contributed by atoms with E-state index >= 15 is 0 Å². The van der Waals surface area contributed by atoms with Crippen LogP contribution in [0.25, 0.3) is 0 Å². The molecule has 1 saturated carbocycles. The highest BCUT2D eigenvalue weighted by molar-refractivity contribution is 5.75. The van der Waals surface area contributed by atoms with Crippen molar-refractivity contribution in [3.05, 3.63) is 0 Å². The fourth-order valence-corrected chi connectivity index (χ4v) is 1.46. The van der Waals surface area contributed by atoms with Crippen LogP contribution in [-0.2, 0) is 4.79 Å². The van der Waals surface area contributed by atoms with Gasteiger partial charge in [-0.3, -0.25) is 4.79 Å². The third-order valence-electron chi connectivity index (χ3n) is 2.52. The Morgan fingerprint density at radius 2 is 2.40 bits per heavy atom. The Bertz CT molecular complexity index is 158. The van der Waals surface area contributed by atoms with Crippen LogP contribution >= 0.6 is 0 Å². The second kappa shape index (κ2) is 2.23. The Kier molecular flexibility index (Phi) is 1.68. The molecule has 1 fully saturated rings. The van der Waals surface area contributed by atoms with Gasteiger partial charge in [0, 0.05) is 6.04 Å². The fourth-order valence-electron chi connectivity index (χ4n) is 1.46. The molecule has 58 valence electrons. The van der Waals surface area contributed by atoms with Crippen LogP contribution in [0.2, 0.25) is 0 Å². The highest BCUT2D eigenvalue weighted by Gasteiger charge is 2.42. The number of hydrogen-bond acceptors (Lipinski definition) is 2. The van der Waals surface area contributed by atoms with Crippen LogP contribution < -0.4 is 5.73 Å². The normalized spacial score (nSPS) is 40.0. The molecule has 0 amide bonds. The molecule has 1 rings (SSSR count). The van der Waals surface area contributed by atoms with Gasteiger partial charge in [0.25, 0.3) is 0 Å². The van der Waals surface area contributed by atoms with Crippen LogP contribution in [0.4, 0.5) is 0 Å². The first-order chi connectivity index (χ1) is 4.57. The number of aliphatic carboxylic acids is 1. The van der Waals surface area contributed by atoms with Gasteiger partial charge in [0.1, 0.15) is 0 Å². The quantitative estimate of drug-likeness (QED) is 0.564. The second-order valence-electron chi connectivity index (χ2n) is 3.22. The van der Waals surface area contributed by atoms with Gasteiger partial charge in [0.15, 0.2) is 0 Å². The lowest BCUT2D eigenvalue weighted by Crippen LogP contribution is -2.40. The Balaban J connectivity index is 2.75. The summed E-state index contributed by atoms with van der Waals surface area (Å²) in [6.45, 7) is 1.73. The van der Waals surface area contributed by atoms with Crippen LogP contribution in [0.3, 0.4) is 0 Å². The van der Waals surface area contributed by atoms with Gasteiger partial charge in [-0.2, -0.15) is 0 Å². The number of nitrogens with two attached hydrogens (primary N) is 1. The van der Waals surface area contributed by atoms with E-state index in [9.17, 15) is 4.79 Å². The average Bonchev–Trinajstić information content (AvgIpc) is 2.15. The summed E-state index contributed by atoms with van der Waals surface area (Å²) in [7, 11) is 0. The lowest BCUT2D eigenvalue weighted by atomic mass is 9.86. The van der Waals surface area contributed by atoms with Crippen molar-refractivity contribution in [2.75, 3.05) is 0 Å². The Morgan fingerprint density at radius 1 is 1.80 bits per heavy atom. The summed E-state index contributed by atoms with van der Waals surface area (Å²) in [6, 6.07) is -0.148. The zero-order chi connectivity index (χ0) is 7.78. The zero-order valence-corrected chi connectivity index (χ0v) is 6.13. The molecule has 1 aliphatic carbocycles. The minimum absolute atomic E-state index is 0.148. The van der Waals surface area contributed by atoms with Crippen molar-refractivity contribution in [1.29, 1.82) is 0 Å². The third-order valence-corrected chi connectivity index (χ3v) is 2.52. The molecule has 0 aromatic heterocycles. The molecule has 0 spiro atoms. The number of hydrogen-bond donors (Lipinski definition) is 2. The summed E-state index contributed by atoms with van der Waals surface area (Å²) in [5.41, 5.74) is 4.98. The molecular weight excluding hydrogens is 130 g/mol. The molecular formula is C7H13NO2. The fraction of sp³-hybridized carbons (Fsp3) is 0.857. The smallest absolute Gasteiger partial charge is 0.310 e. The molecule has 1 aliphatic rings. The first kappa shape index (κ1) is 7.54. The van der Waals surface area contributed by atoms with E-state index in [0.29, 0.717) is 0 Å². The Hall–Kier alpha value is -0.570. The lowest BCUT2D eigenvalue weighted by Gasteiger charge is -2.22. The minimum atomic E-state index is -0.752. The van der Waals surface area contributed by atoms with Crippen LogP contribution in [0, 0.1) is 5.41 Å². The van der Waals surface area contributed by atoms with Gasteiger partial charge in [-0.25, -0.2) is 0 Å². The van der Waals surface area contributed by atoms with Crippen molar-refractivity contribution in [3.63, 3.8) is 0 Å². The third kappa shape index (κ3) is 0.904. The predicted molar refractivity (Wildman–Crippen MR) is 37.6 cm³/mol. The van der Waals surface area contributed by atoms with Gasteiger partial charge >= 0.3 is 5.97 Å². The topological polar surface area (TPSA) is 63.3 Å². The first-order valence-corrected chi connectivity index (χ1v) is 3.56. The van der Waals surface area contributed by atoms with Crippen molar-refractivity contribution >= 4 is 5.97 Å². The van der Waals surface area contributed by atoms with E-state index < -0.39 is 11.4 Å². The van der Waals surface area contributed by atoms with Gasteiger partial charge in [0.05, 0.1) is 5.41 Å². The van der Waals surface area contributed by atoms with Crippen LogP contribution in [0.5, 0.6) is 0 Å². The highest BCUT2D eigenvalue weighted by Crippen LogP contribution is 2.36. The van der Waals surface area contributed by atoms with E-state index in [2.05, 4.69) is 0 Å². The lowest BCUT2D eigenvalue weighted by molar-refractivity contribution is -0.148. The summed E-state index contributed by atoms with van der Waals surface area (Å²) in [5.74, 6) is -0.752. The monoisotopic (exact) mass is 143 g/mol. The summed E-state index contributed by atoms with van der Waals surface area (Å²) < 4.78 is 0. The SMILES string of the molecule is CC1(C(=O)O)CCCC1N. The molecule has 2 unspecified atom stereocenters. The molecule has 10 heavy (non-hydrogen) atoms. The Labute approximate surface area is 60.2 Å². The van der Waals surface area contributed by atoms with Crippen molar-refractivity contribution < 1.29 is 9.90 Å². The maximum atomic E-state index is 10.7. The molecule has 0 heterocycles. The highest BCUT2D eigenvalue weighted by atomic mass is 16.4. The number of carbonyl (C=O) groups is 1. The Morgan fingerprint density at radius 3 is 2.60 bits per heavy atom. The molecule has 3 N–H and O–H groups in total. The van der Waals surface area contributed by atoms with Crippen molar-refractivity contribution in [2.45, 2.75) is 32.2 Å². The number of carboxylic acid groups (broad SMARTS) is 1. The van der Waals surface area contributed by atoms with E-state index in [1.54, 1.807) is 6.92 Å².